The van der Waals surface area contributed by atoms with Crippen molar-refractivity contribution in [3.05, 3.63) is 99.5 Å². The maximum atomic E-state index is 11.5. The number of carboxylic acid groups (broad SMARTS) is 1. The van der Waals surface area contributed by atoms with E-state index in [1.54, 1.807) is 24.3 Å². The van der Waals surface area contributed by atoms with Gasteiger partial charge in [-0.3, -0.25) is 10.1 Å². The molecule has 1 fully saturated rings. The van der Waals surface area contributed by atoms with Crippen LogP contribution in [-0.4, -0.2) is 83.4 Å². The number of carboxylic acids is 1. The predicted octanol–water partition coefficient (Wildman–Crippen LogP) is 5.95. The summed E-state index contributed by atoms with van der Waals surface area (Å²) in [6.45, 7) is 5.81. The van der Waals surface area contributed by atoms with Gasteiger partial charge in [0.1, 0.15) is 47.5 Å². The van der Waals surface area contributed by atoms with Gasteiger partial charge < -0.3 is 34.6 Å². The lowest BCUT2D eigenvalue weighted by atomic mass is 10.0. The number of ether oxygens (including phenoxy) is 3. The van der Waals surface area contributed by atoms with Crippen LogP contribution >= 0.6 is 23.2 Å². The van der Waals surface area contributed by atoms with Gasteiger partial charge >= 0.3 is 5.97 Å². The molecule has 0 spiro atoms. The maximum Gasteiger partial charge on any atom is 0.323 e. The number of rotatable bonds is 18. The number of unbranched alkanes of at least 4 members (excludes halogenated alkanes) is 1. The van der Waals surface area contributed by atoms with Gasteiger partial charge in [0.15, 0.2) is 0 Å². The first-order chi connectivity index (χ1) is 25.4. The molecule has 1 aromatic heterocycles. The molecule has 4 N–H and O–H groups in total. The van der Waals surface area contributed by atoms with Crippen LogP contribution in [0.1, 0.15) is 29.5 Å². The van der Waals surface area contributed by atoms with Crippen LogP contribution in [0.2, 0.25) is 10.0 Å². The van der Waals surface area contributed by atoms with Crippen LogP contribution in [0.15, 0.2) is 77.4 Å². The maximum absolute atomic E-state index is 11.5. The highest BCUT2D eigenvalue weighted by Crippen LogP contribution is 2.36. The van der Waals surface area contributed by atoms with E-state index in [9.17, 15) is 15.0 Å². The molecule has 4 aromatic carbocycles. The summed E-state index contributed by atoms with van der Waals surface area (Å²) >= 11 is 13.6. The third-order valence-electron chi connectivity index (χ3n) is 8.80. The normalized spacial score (nSPS) is 14.0. The summed E-state index contributed by atoms with van der Waals surface area (Å²) in [6.07, 6.45) is 2.08. The molecule has 12 nitrogen and oxygen atoms in total. The van der Waals surface area contributed by atoms with E-state index in [-0.39, 0.29) is 19.8 Å². The second-order valence-corrected chi connectivity index (χ2v) is 13.2. The van der Waals surface area contributed by atoms with E-state index in [0.717, 1.165) is 73.6 Å². The number of nitrogens with one attached hydrogen (secondary N) is 2. The fourth-order valence-electron chi connectivity index (χ4n) is 5.89. The number of benzene rings is 4. The van der Waals surface area contributed by atoms with Gasteiger partial charge in [0.25, 0.3) is 0 Å². The van der Waals surface area contributed by atoms with Gasteiger partial charge in [-0.15, -0.1) is 0 Å². The van der Waals surface area contributed by atoms with Gasteiger partial charge in [-0.05, 0) is 71.2 Å². The smallest absolute Gasteiger partial charge is 0.323 e. The number of aromatic nitrogens is 2. The number of carbonyl (C=O) groups is 1. The number of aliphatic hydroxyl groups excluding tert-OH is 1. The highest BCUT2D eigenvalue weighted by molar-refractivity contribution is 6.34. The summed E-state index contributed by atoms with van der Waals surface area (Å²) in [5.41, 5.74) is 5.12. The van der Waals surface area contributed by atoms with Crippen LogP contribution < -0.4 is 24.8 Å². The summed E-state index contributed by atoms with van der Waals surface area (Å²) in [6, 6.07) is 21.3. The second kappa shape index (κ2) is 18.4. The molecule has 0 bridgehead atoms. The quantitative estimate of drug-likeness (QED) is 0.0784. The van der Waals surface area contributed by atoms with Gasteiger partial charge in [0, 0.05) is 55.5 Å². The van der Waals surface area contributed by atoms with Crippen LogP contribution in [-0.2, 0) is 24.6 Å². The van der Waals surface area contributed by atoms with Crippen molar-refractivity contribution >= 4 is 40.2 Å². The molecule has 1 saturated heterocycles. The molecule has 0 aliphatic carbocycles. The Morgan fingerprint density at radius 2 is 1.71 bits per heavy atom. The van der Waals surface area contributed by atoms with Crippen molar-refractivity contribution in [1.82, 2.24) is 25.8 Å². The Bertz CT molecular complexity index is 1950. The van der Waals surface area contributed by atoms with Crippen LogP contribution in [0.5, 0.6) is 17.2 Å². The Hall–Kier alpha value is -4.43. The Morgan fingerprint density at radius 3 is 2.54 bits per heavy atom. The molecule has 1 aliphatic heterocycles. The predicted molar refractivity (Wildman–Crippen MR) is 198 cm³/mol. The number of fused-ring (bicyclic) bond motifs is 1. The lowest BCUT2D eigenvalue weighted by molar-refractivity contribution is -0.140. The average Bonchev–Trinajstić information content (AvgIpc) is 3.63. The standard InChI is InChI=1S/C38H41Cl2N5O7/c39-31-19-28(21-42-34(22-46)38(47)48)35(50-23-25-9-10-32-33(17-25)44-52-43-32)20-36(31)51-24-27-6-4-8-30(37(27)40)26-5-3-7-29(18-26)49-16-2-1-13-45-14-11-41-12-15-45/h3-10,17-20,34,41-42,46H,1-2,11-16,21-24H2,(H,47,48)/t34-/m1/s1. The molecule has 0 radical (unpaired) electrons. The van der Waals surface area contributed by atoms with Crippen molar-refractivity contribution in [2.45, 2.75) is 38.6 Å². The van der Waals surface area contributed by atoms with Crippen LogP contribution in [0.25, 0.3) is 22.2 Å². The molecule has 14 heteroatoms. The fourth-order valence-corrected chi connectivity index (χ4v) is 6.42. The summed E-state index contributed by atoms with van der Waals surface area (Å²) < 4.78 is 23.3. The fraction of sp³-hybridized carbons (Fsp3) is 0.342. The number of nitrogens with zero attached hydrogens (tertiary/aromatic N) is 3. The summed E-state index contributed by atoms with van der Waals surface area (Å²) in [5.74, 6) is 0.369. The van der Waals surface area contributed by atoms with E-state index in [1.165, 1.54) is 0 Å². The van der Waals surface area contributed by atoms with Crippen molar-refractivity contribution in [2.24, 2.45) is 0 Å². The van der Waals surface area contributed by atoms with Gasteiger partial charge in [0.05, 0.1) is 23.3 Å². The molecular formula is C38H41Cl2N5O7. The lowest BCUT2D eigenvalue weighted by Gasteiger charge is -2.26. The minimum Gasteiger partial charge on any atom is -0.494 e. The number of aliphatic carboxylic acids is 1. The molecule has 2 heterocycles. The minimum atomic E-state index is -1.18. The second-order valence-electron chi connectivity index (χ2n) is 12.5. The van der Waals surface area contributed by atoms with Crippen LogP contribution in [0, 0.1) is 0 Å². The molecule has 5 aromatic rings. The van der Waals surface area contributed by atoms with E-state index in [1.807, 2.05) is 48.5 Å². The van der Waals surface area contributed by atoms with Crippen LogP contribution in [0.4, 0.5) is 0 Å². The zero-order valence-electron chi connectivity index (χ0n) is 28.5. The molecule has 0 saturated carbocycles. The third-order valence-corrected chi connectivity index (χ3v) is 9.54. The lowest BCUT2D eigenvalue weighted by Crippen LogP contribution is -2.43. The highest BCUT2D eigenvalue weighted by Gasteiger charge is 2.19. The molecule has 6 rings (SSSR count). The Labute approximate surface area is 311 Å². The Balaban J connectivity index is 1.12. The summed E-state index contributed by atoms with van der Waals surface area (Å²) in [4.78, 5) is 14.0. The first kappa shape index (κ1) is 37.3. The largest absolute Gasteiger partial charge is 0.494 e. The van der Waals surface area contributed by atoms with E-state index >= 15 is 0 Å². The van der Waals surface area contributed by atoms with E-state index in [4.69, 9.17) is 42.0 Å². The van der Waals surface area contributed by atoms with E-state index in [2.05, 4.69) is 25.8 Å². The van der Waals surface area contributed by atoms with Gasteiger partial charge in [-0.25, -0.2) is 4.63 Å². The van der Waals surface area contributed by atoms with Gasteiger partial charge in [0.2, 0.25) is 0 Å². The van der Waals surface area contributed by atoms with Crippen molar-refractivity contribution in [2.75, 3.05) is 45.9 Å². The van der Waals surface area contributed by atoms with Gasteiger partial charge in [-0.2, -0.15) is 0 Å². The molecular weight excluding hydrogens is 709 g/mol. The number of halogens is 2. The molecule has 0 unspecified atom stereocenters. The molecule has 1 atom stereocenters. The average molecular weight is 751 g/mol. The molecule has 52 heavy (non-hydrogen) atoms. The number of hydrogen-bond acceptors (Lipinski definition) is 11. The first-order valence-electron chi connectivity index (χ1n) is 17.2. The van der Waals surface area contributed by atoms with Crippen molar-refractivity contribution in [3.8, 4) is 28.4 Å². The zero-order valence-corrected chi connectivity index (χ0v) is 30.0. The monoisotopic (exact) mass is 749 g/mol. The van der Waals surface area contributed by atoms with Gasteiger partial charge in [-0.1, -0.05) is 59.6 Å². The summed E-state index contributed by atoms with van der Waals surface area (Å²) in [7, 11) is 0. The Kier molecular flexibility index (Phi) is 13.2. The number of piperazine rings is 1. The topological polar surface area (TPSA) is 151 Å². The van der Waals surface area contributed by atoms with Crippen molar-refractivity contribution in [3.63, 3.8) is 0 Å². The highest BCUT2D eigenvalue weighted by atomic mass is 35.5. The third kappa shape index (κ3) is 9.91. The number of aliphatic hydroxyl groups is 1. The number of hydrogen-bond donors (Lipinski definition) is 4. The SMILES string of the molecule is O=C(O)[C@@H](CO)NCc1cc(Cl)c(OCc2cccc(-c3cccc(OCCCCN4CCNCC4)c3)c2Cl)cc1OCc1ccc2nonc2c1. The first-order valence-corrected chi connectivity index (χ1v) is 17.9. The molecule has 274 valence electrons. The molecule has 0 amide bonds. The Morgan fingerprint density at radius 1 is 0.904 bits per heavy atom. The molecule has 1 aliphatic rings. The van der Waals surface area contributed by atoms with Crippen molar-refractivity contribution in [1.29, 1.82) is 0 Å². The van der Waals surface area contributed by atoms with Crippen LogP contribution in [0.3, 0.4) is 0 Å². The zero-order chi connectivity index (χ0) is 36.3. The van der Waals surface area contributed by atoms with E-state index < -0.39 is 18.6 Å². The van der Waals surface area contributed by atoms with E-state index in [0.29, 0.717) is 44.7 Å². The minimum absolute atomic E-state index is 0.0618. The van der Waals surface area contributed by atoms with Crippen molar-refractivity contribution < 1.29 is 33.8 Å². The summed E-state index contributed by atoms with van der Waals surface area (Å²) in [5, 5.41) is 33.7.